The van der Waals surface area contributed by atoms with E-state index in [-0.39, 0.29) is 30.0 Å². The number of aliphatic imine (C=N–C) groups is 1. The van der Waals surface area contributed by atoms with Crippen molar-refractivity contribution in [1.29, 1.82) is 0 Å². The first-order valence-electron chi connectivity index (χ1n) is 10.9. The van der Waals surface area contributed by atoms with Crippen LogP contribution in [0.2, 0.25) is 0 Å². The molecule has 3 heterocycles. The van der Waals surface area contributed by atoms with Crippen LogP contribution in [0.15, 0.2) is 27.8 Å². The third-order valence-electron chi connectivity index (χ3n) is 5.69. The monoisotopic (exact) mass is 519 g/mol. The molecule has 0 amide bonds. The Bertz CT molecular complexity index is 557. The van der Waals surface area contributed by atoms with Gasteiger partial charge in [0.15, 0.2) is 5.96 Å². The molecule has 0 saturated carbocycles. The molecule has 0 bridgehead atoms. The van der Waals surface area contributed by atoms with Crippen LogP contribution in [0.3, 0.4) is 0 Å². The quantitative estimate of drug-likeness (QED) is 0.227. The maximum atomic E-state index is 5.73. The summed E-state index contributed by atoms with van der Waals surface area (Å²) in [5.74, 6) is 1.91. The second kappa shape index (κ2) is 14.2. The lowest BCUT2D eigenvalue weighted by Gasteiger charge is -2.33. The number of rotatable bonds is 9. The molecule has 0 radical (unpaired) electrons. The van der Waals surface area contributed by atoms with Gasteiger partial charge >= 0.3 is 0 Å². The number of piperidine rings is 1. The Kier molecular flexibility index (Phi) is 12.0. The predicted octanol–water partition coefficient (Wildman–Crippen LogP) is 2.70. The first-order valence-corrected chi connectivity index (χ1v) is 10.9. The van der Waals surface area contributed by atoms with Crippen molar-refractivity contribution in [3.05, 3.63) is 24.2 Å². The number of hydrogen-bond acceptors (Lipinski definition) is 5. The standard InChI is InChI=1S/C21H37N5O2.HI/c1-22-21(23-9-3-6-10-25-13-16-27-17-14-25)24-18-19(20-8-7-15-28-20)26-11-4-2-5-12-26;/h7-8,15,19H,2-6,9-14,16-18H2,1H3,(H2,22,23,24);1H. The molecule has 0 aliphatic carbocycles. The number of nitrogens with one attached hydrogen (secondary N) is 2. The average molecular weight is 519 g/mol. The molecule has 29 heavy (non-hydrogen) atoms. The zero-order valence-electron chi connectivity index (χ0n) is 17.8. The van der Waals surface area contributed by atoms with E-state index in [4.69, 9.17) is 9.15 Å². The van der Waals surface area contributed by atoms with Crippen molar-refractivity contribution in [3.8, 4) is 0 Å². The molecule has 2 saturated heterocycles. The van der Waals surface area contributed by atoms with E-state index >= 15 is 0 Å². The maximum absolute atomic E-state index is 5.73. The molecular weight excluding hydrogens is 481 g/mol. The highest BCUT2D eigenvalue weighted by atomic mass is 127. The van der Waals surface area contributed by atoms with Gasteiger partial charge in [-0.2, -0.15) is 0 Å². The van der Waals surface area contributed by atoms with Gasteiger partial charge in [-0.1, -0.05) is 6.42 Å². The summed E-state index contributed by atoms with van der Waals surface area (Å²) in [6.07, 6.45) is 8.00. The molecule has 1 aromatic rings. The van der Waals surface area contributed by atoms with E-state index in [1.165, 1.54) is 25.7 Å². The number of furan rings is 1. The van der Waals surface area contributed by atoms with Gasteiger partial charge in [-0.25, -0.2) is 0 Å². The number of hydrogen-bond donors (Lipinski definition) is 2. The summed E-state index contributed by atoms with van der Waals surface area (Å²) >= 11 is 0. The van der Waals surface area contributed by atoms with Crippen molar-refractivity contribution in [2.75, 3.05) is 66.1 Å². The van der Waals surface area contributed by atoms with E-state index in [9.17, 15) is 0 Å². The average Bonchev–Trinajstić information content (AvgIpc) is 3.28. The van der Waals surface area contributed by atoms with Crippen LogP contribution in [0.4, 0.5) is 0 Å². The van der Waals surface area contributed by atoms with Gasteiger partial charge in [-0.05, 0) is 57.5 Å². The largest absolute Gasteiger partial charge is 0.468 e. The van der Waals surface area contributed by atoms with Crippen LogP contribution in [0, 0.1) is 0 Å². The Morgan fingerprint density at radius 2 is 1.90 bits per heavy atom. The Balaban J connectivity index is 0.00000300. The molecule has 3 rings (SSSR count). The smallest absolute Gasteiger partial charge is 0.191 e. The maximum Gasteiger partial charge on any atom is 0.191 e. The number of unbranched alkanes of at least 4 members (excludes halogenated alkanes) is 1. The van der Waals surface area contributed by atoms with Crippen LogP contribution in [-0.4, -0.2) is 81.8 Å². The van der Waals surface area contributed by atoms with E-state index in [1.54, 1.807) is 6.26 Å². The van der Waals surface area contributed by atoms with Crippen molar-refractivity contribution in [3.63, 3.8) is 0 Å². The lowest BCUT2D eigenvalue weighted by Crippen LogP contribution is -2.44. The zero-order valence-corrected chi connectivity index (χ0v) is 20.1. The van der Waals surface area contributed by atoms with Crippen LogP contribution in [0.5, 0.6) is 0 Å². The van der Waals surface area contributed by atoms with Gasteiger partial charge < -0.3 is 19.8 Å². The van der Waals surface area contributed by atoms with Crippen LogP contribution in [0.1, 0.15) is 43.9 Å². The van der Waals surface area contributed by atoms with Crippen molar-refractivity contribution in [1.82, 2.24) is 20.4 Å². The van der Waals surface area contributed by atoms with Crippen LogP contribution in [0.25, 0.3) is 0 Å². The van der Waals surface area contributed by atoms with Gasteiger partial charge in [0, 0.05) is 33.2 Å². The van der Waals surface area contributed by atoms with Crippen LogP contribution < -0.4 is 10.6 Å². The molecule has 166 valence electrons. The summed E-state index contributed by atoms with van der Waals surface area (Å²) in [5, 5.41) is 6.96. The Morgan fingerprint density at radius 1 is 1.10 bits per heavy atom. The van der Waals surface area contributed by atoms with E-state index in [2.05, 4.69) is 31.5 Å². The Morgan fingerprint density at radius 3 is 2.59 bits per heavy atom. The molecular formula is C21H38IN5O2. The number of ether oxygens (including phenoxy) is 1. The van der Waals surface area contributed by atoms with Gasteiger partial charge in [-0.15, -0.1) is 24.0 Å². The fraction of sp³-hybridized carbons (Fsp3) is 0.762. The minimum absolute atomic E-state index is 0. The minimum Gasteiger partial charge on any atom is -0.468 e. The van der Waals surface area contributed by atoms with E-state index < -0.39 is 0 Å². The fourth-order valence-electron chi connectivity index (χ4n) is 4.03. The molecule has 1 unspecified atom stereocenters. The van der Waals surface area contributed by atoms with E-state index in [1.807, 2.05) is 13.1 Å². The molecule has 0 aromatic carbocycles. The van der Waals surface area contributed by atoms with Crippen molar-refractivity contribution < 1.29 is 9.15 Å². The second-order valence-electron chi connectivity index (χ2n) is 7.67. The lowest BCUT2D eigenvalue weighted by molar-refractivity contribution is 0.0372. The summed E-state index contributed by atoms with van der Waals surface area (Å²) in [5.41, 5.74) is 0. The van der Waals surface area contributed by atoms with Crippen molar-refractivity contribution >= 4 is 29.9 Å². The first kappa shape index (κ1) is 24.4. The highest BCUT2D eigenvalue weighted by molar-refractivity contribution is 14.0. The number of halogens is 1. The molecule has 1 atom stereocenters. The highest BCUT2D eigenvalue weighted by Crippen LogP contribution is 2.24. The van der Waals surface area contributed by atoms with E-state index in [0.29, 0.717) is 0 Å². The van der Waals surface area contributed by atoms with Gasteiger partial charge in [0.25, 0.3) is 0 Å². The SMILES string of the molecule is CN=C(NCCCCN1CCOCC1)NCC(c1ccco1)N1CCCCC1.I. The summed E-state index contributed by atoms with van der Waals surface area (Å²) in [7, 11) is 1.84. The summed E-state index contributed by atoms with van der Waals surface area (Å²) < 4.78 is 11.1. The lowest BCUT2D eigenvalue weighted by atomic mass is 10.1. The Hall–Kier alpha value is -0.840. The predicted molar refractivity (Wildman–Crippen MR) is 128 cm³/mol. The van der Waals surface area contributed by atoms with Crippen molar-refractivity contribution in [2.24, 2.45) is 4.99 Å². The summed E-state index contributed by atoms with van der Waals surface area (Å²) in [4.78, 5) is 9.41. The third kappa shape index (κ3) is 8.43. The molecule has 2 fully saturated rings. The molecule has 2 aliphatic rings. The highest BCUT2D eigenvalue weighted by Gasteiger charge is 2.24. The topological polar surface area (TPSA) is 65.3 Å². The molecule has 2 N–H and O–H groups in total. The van der Waals surface area contributed by atoms with Gasteiger partial charge in [0.2, 0.25) is 0 Å². The third-order valence-corrected chi connectivity index (χ3v) is 5.69. The number of morpholine rings is 1. The normalized spacial score (nSPS) is 20.1. The van der Waals surface area contributed by atoms with E-state index in [0.717, 1.165) is 77.2 Å². The minimum atomic E-state index is 0. The van der Waals surface area contributed by atoms with Crippen LogP contribution in [-0.2, 0) is 4.74 Å². The summed E-state index contributed by atoms with van der Waals surface area (Å²) in [6, 6.07) is 4.33. The second-order valence-corrected chi connectivity index (χ2v) is 7.67. The first-order chi connectivity index (χ1) is 13.9. The van der Waals surface area contributed by atoms with Gasteiger partial charge in [-0.3, -0.25) is 14.8 Å². The van der Waals surface area contributed by atoms with Crippen molar-refractivity contribution in [2.45, 2.75) is 38.1 Å². The van der Waals surface area contributed by atoms with Crippen LogP contribution >= 0.6 is 24.0 Å². The van der Waals surface area contributed by atoms with Gasteiger partial charge in [0.05, 0.1) is 25.5 Å². The molecule has 8 heteroatoms. The Labute approximate surface area is 192 Å². The number of likely N-dealkylation sites (tertiary alicyclic amines) is 1. The number of guanidine groups is 1. The number of nitrogens with zero attached hydrogens (tertiary/aromatic N) is 3. The van der Waals surface area contributed by atoms with Gasteiger partial charge in [0.1, 0.15) is 5.76 Å². The summed E-state index contributed by atoms with van der Waals surface area (Å²) in [6.45, 7) is 9.09. The fourth-order valence-corrected chi connectivity index (χ4v) is 4.03. The molecule has 1 aromatic heterocycles. The zero-order chi connectivity index (χ0) is 19.4. The molecule has 0 spiro atoms. The molecule has 2 aliphatic heterocycles. The molecule has 7 nitrogen and oxygen atoms in total.